The molecule has 0 spiro atoms. The molecule has 1 atom stereocenters. The van der Waals surface area contributed by atoms with Gasteiger partial charge in [0.2, 0.25) is 0 Å². The van der Waals surface area contributed by atoms with Gasteiger partial charge in [-0.2, -0.15) is 0 Å². The molecular weight excluding hydrogens is 196 g/mol. The number of hydrogen-bond acceptors (Lipinski definition) is 2. The van der Waals surface area contributed by atoms with Gasteiger partial charge < -0.3 is 10.2 Å². The molecule has 2 heteroatoms. The summed E-state index contributed by atoms with van der Waals surface area (Å²) in [5.41, 5.74) is 1.36. The summed E-state index contributed by atoms with van der Waals surface area (Å²) < 4.78 is 0. The first-order chi connectivity index (χ1) is 7.75. The number of nitrogens with one attached hydrogen (secondary N) is 1. The van der Waals surface area contributed by atoms with E-state index in [-0.39, 0.29) is 0 Å². The molecule has 16 heavy (non-hydrogen) atoms. The molecule has 1 aromatic rings. The van der Waals surface area contributed by atoms with Crippen molar-refractivity contribution in [3.63, 3.8) is 0 Å². The smallest absolute Gasteiger partial charge is 0.0366 e. The van der Waals surface area contributed by atoms with Crippen molar-refractivity contribution in [2.45, 2.75) is 38.8 Å². The second-order valence-electron chi connectivity index (χ2n) is 4.94. The molecule has 1 saturated heterocycles. The predicted molar refractivity (Wildman–Crippen MR) is 69.9 cm³/mol. The zero-order valence-electron chi connectivity index (χ0n) is 10.3. The van der Waals surface area contributed by atoms with E-state index in [0.29, 0.717) is 12.1 Å². The molecule has 1 unspecified atom stereocenters. The van der Waals surface area contributed by atoms with Crippen molar-refractivity contribution < 1.29 is 0 Å². The molecule has 2 nitrogen and oxygen atoms in total. The van der Waals surface area contributed by atoms with E-state index in [0.717, 1.165) is 6.54 Å². The normalized spacial score (nSPS) is 21.4. The van der Waals surface area contributed by atoms with Crippen molar-refractivity contribution in [1.29, 1.82) is 0 Å². The molecule has 0 amide bonds. The molecular formula is C14H22N2. The second-order valence-corrected chi connectivity index (χ2v) is 4.94. The molecule has 1 fully saturated rings. The summed E-state index contributed by atoms with van der Waals surface area (Å²) in [6.07, 6.45) is 2.60. The van der Waals surface area contributed by atoms with Crippen molar-refractivity contribution >= 4 is 5.69 Å². The number of benzene rings is 1. The highest BCUT2D eigenvalue weighted by Crippen LogP contribution is 2.19. The molecule has 1 aliphatic rings. The van der Waals surface area contributed by atoms with Crippen LogP contribution in [0, 0.1) is 0 Å². The fourth-order valence-electron chi connectivity index (χ4n) is 2.46. The molecule has 1 heterocycles. The van der Waals surface area contributed by atoms with Crippen molar-refractivity contribution in [3.8, 4) is 0 Å². The summed E-state index contributed by atoms with van der Waals surface area (Å²) in [5, 5.41) is 3.64. The van der Waals surface area contributed by atoms with Crippen LogP contribution in [-0.2, 0) is 0 Å². The van der Waals surface area contributed by atoms with Crippen LogP contribution in [0.5, 0.6) is 0 Å². The van der Waals surface area contributed by atoms with Crippen molar-refractivity contribution in [3.05, 3.63) is 30.3 Å². The Bertz CT molecular complexity index is 308. The molecule has 2 rings (SSSR count). The fraction of sp³-hybridized carbons (Fsp3) is 0.571. The van der Waals surface area contributed by atoms with Gasteiger partial charge in [-0.25, -0.2) is 0 Å². The van der Waals surface area contributed by atoms with E-state index in [1.165, 1.54) is 25.1 Å². The van der Waals surface area contributed by atoms with Gasteiger partial charge in [-0.15, -0.1) is 0 Å². The lowest BCUT2D eigenvalue weighted by molar-refractivity contribution is 0.395. The predicted octanol–water partition coefficient (Wildman–Crippen LogP) is 2.65. The van der Waals surface area contributed by atoms with Crippen LogP contribution in [0.2, 0.25) is 0 Å². The van der Waals surface area contributed by atoms with Gasteiger partial charge in [-0.05, 0) is 25.0 Å². The Hall–Kier alpha value is -1.02. The average molecular weight is 218 g/mol. The lowest BCUT2D eigenvalue weighted by atomic mass is 10.0. The van der Waals surface area contributed by atoms with E-state index < -0.39 is 0 Å². The third-order valence-corrected chi connectivity index (χ3v) is 3.11. The van der Waals surface area contributed by atoms with Gasteiger partial charge in [-0.3, -0.25) is 0 Å². The quantitative estimate of drug-likeness (QED) is 0.839. The zero-order valence-corrected chi connectivity index (χ0v) is 10.3. The van der Waals surface area contributed by atoms with Gasteiger partial charge in [0.25, 0.3) is 0 Å². The summed E-state index contributed by atoms with van der Waals surface area (Å²) in [4.78, 5) is 2.49. The monoisotopic (exact) mass is 218 g/mol. The summed E-state index contributed by atoms with van der Waals surface area (Å²) in [6, 6.07) is 12.0. The number of para-hydroxylation sites is 1. The minimum Gasteiger partial charge on any atom is -0.370 e. The van der Waals surface area contributed by atoms with Crippen LogP contribution in [0.4, 0.5) is 5.69 Å². The third kappa shape index (κ3) is 2.99. The lowest BCUT2D eigenvalue weighted by Crippen LogP contribution is -2.47. The number of hydrogen-bond donors (Lipinski definition) is 1. The van der Waals surface area contributed by atoms with E-state index in [1.54, 1.807) is 0 Å². The number of anilines is 1. The van der Waals surface area contributed by atoms with Gasteiger partial charge in [0.15, 0.2) is 0 Å². The second kappa shape index (κ2) is 5.35. The average Bonchev–Trinajstić information content (AvgIpc) is 2.30. The first-order valence-electron chi connectivity index (χ1n) is 6.32. The van der Waals surface area contributed by atoms with E-state index in [1.807, 2.05) is 0 Å². The highest BCUT2D eigenvalue weighted by molar-refractivity contribution is 5.46. The minimum absolute atomic E-state index is 0.584. The van der Waals surface area contributed by atoms with Gasteiger partial charge in [0.1, 0.15) is 0 Å². The molecule has 0 radical (unpaired) electrons. The Morgan fingerprint density at radius 1 is 1.25 bits per heavy atom. The highest BCUT2D eigenvalue weighted by atomic mass is 15.2. The largest absolute Gasteiger partial charge is 0.370 e. The first kappa shape index (κ1) is 11.5. The van der Waals surface area contributed by atoms with Crippen LogP contribution in [0.1, 0.15) is 26.7 Å². The van der Waals surface area contributed by atoms with Crippen molar-refractivity contribution in [2.75, 3.05) is 18.0 Å². The molecule has 1 aliphatic heterocycles. The van der Waals surface area contributed by atoms with Crippen LogP contribution in [-0.4, -0.2) is 25.2 Å². The minimum atomic E-state index is 0.584. The zero-order chi connectivity index (χ0) is 11.4. The van der Waals surface area contributed by atoms with E-state index in [4.69, 9.17) is 0 Å². The van der Waals surface area contributed by atoms with Crippen LogP contribution >= 0.6 is 0 Å². The molecule has 1 aromatic carbocycles. The highest BCUT2D eigenvalue weighted by Gasteiger charge is 2.19. The van der Waals surface area contributed by atoms with Gasteiger partial charge in [-0.1, -0.05) is 32.0 Å². The van der Waals surface area contributed by atoms with Gasteiger partial charge in [0.05, 0.1) is 0 Å². The summed E-state index contributed by atoms with van der Waals surface area (Å²) >= 11 is 0. The summed E-state index contributed by atoms with van der Waals surface area (Å²) in [5.74, 6) is 0. The maximum atomic E-state index is 3.64. The molecule has 0 aromatic heterocycles. The Morgan fingerprint density at radius 2 is 2.00 bits per heavy atom. The molecule has 88 valence electrons. The molecule has 0 saturated carbocycles. The first-order valence-corrected chi connectivity index (χ1v) is 6.32. The summed E-state index contributed by atoms with van der Waals surface area (Å²) in [6.45, 7) is 6.78. The maximum absolute atomic E-state index is 3.64. The third-order valence-electron chi connectivity index (χ3n) is 3.11. The van der Waals surface area contributed by atoms with E-state index in [9.17, 15) is 0 Å². The van der Waals surface area contributed by atoms with Crippen molar-refractivity contribution in [1.82, 2.24) is 5.32 Å². The number of piperidine rings is 1. The van der Waals surface area contributed by atoms with E-state index >= 15 is 0 Å². The fourth-order valence-corrected chi connectivity index (χ4v) is 2.46. The Labute approximate surface area is 98.7 Å². The number of nitrogens with zero attached hydrogens (tertiary/aromatic N) is 1. The lowest BCUT2D eigenvalue weighted by Gasteiger charge is -2.35. The van der Waals surface area contributed by atoms with Crippen molar-refractivity contribution in [2.24, 2.45) is 0 Å². The number of rotatable bonds is 3. The van der Waals surface area contributed by atoms with Crippen LogP contribution in [0.25, 0.3) is 0 Å². The molecule has 0 bridgehead atoms. The topological polar surface area (TPSA) is 15.3 Å². The van der Waals surface area contributed by atoms with Crippen LogP contribution in [0.15, 0.2) is 30.3 Å². The van der Waals surface area contributed by atoms with E-state index in [2.05, 4.69) is 54.4 Å². The maximum Gasteiger partial charge on any atom is 0.0366 e. The SMILES string of the molecule is CC(C)NC1CCCN(c2ccccc2)C1. The van der Waals surface area contributed by atoms with Crippen LogP contribution in [0.3, 0.4) is 0 Å². The Kier molecular flexibility index (Phi) is 3.83. The molecule has 0 aliphatic carbocycles. The Balaban J connectivity index is 1.97. The van der Waals surface area contributed by atoms with Crippen LogP contribution < -0.4 is 10.2 Å². The molecule has 1 N–H and O–H groups in total. The summed E-state index contributed by atoms with van der Waals surface area (Å²) in [7, 11) is 0. The van der Waals surface area contributed by atoms with Gasteiger partial charge >= 0.3 is 0 Å². The Morgan fingerprint density at radius 3 is 2.69 bits per heavy atom. The van der Waals surface area contributed by atoms with Gasteiger partial charge in [0, 0.05) is 30.9 Å². The standard InChI is InChI=1S/C14H22N2/c1-12(2)15-13-7-6-10-16(11-13)14-8-4-3-5-9-14/h3-5,8-9,12-13,15H,6-7,10-11H2,1-2H3.